The predicted octanol–water partition coefficient (Wildman–Crippen LogP) is 3.88. The van der Waals surface area contributed by atoms with Crippen LogP contribution in [0.4, 0.5) is 0 Å². The highest BCUT2D eigenvalue weighted by Crippen LogP contribution is 2.33. The highest BCUT2D eigenvalue weighted by molar-refractivity contribution is 7.98. The van der Waals surface area contributed by atoms with Crippen LogP contribution in [0.3, 0.4) is 0 Å². The number of aryl methyl sites for hydroxylation is 3. The SMILES string of the molecule is CCNC(=NCc1nc(C)c(C)s1)NCCCc1nnc(SC)n1C1CCCC1. The number of hydrogen-bond donors (Lipinski definition) is 2. The van der Waals surface area contributed by atoms with Crippen molar-refractivity contribution in [3.8, 4) is 0 Å². The van der Waals surface area contributed by atoms with Gasteiger partial charge in [0.2, 0.25) is 0 Å². The second-order valence-corrected chi connectivity index (χ2v) is 9.45. The molecule has 2 aromatic rings. The molecule has 9 heteroatoms. The van der Waals surface area contributed by atoms with Gasteiger partial charge >= 0.3 is 0 Å². The fraction of sp³-hybridized carbons (Fsp3) is 0.700. The Balaban J connectivity index is 1.52. The predicted molar refractivity (Wildman–Crippen MR) is 122 cm³/mol. The van der Waals surface area contributed by atoms with Crippen molar-refractivity contribution in [3.63, 3.8) is 0 Å². The maximum Gasteiger partial charge on any atom is 0.191 e. The number of thiazole rings is 1. The minimum atomic E-state index is 0.583. The van der Waals surface area contributed by atoms with Gasteiger partial charge in [0.15, 0.2) is 11.1 Å². The summed E-state index contributed by atoms with van der Waals surface area (Å²) in [7, 11) is 0. The topological polar surface area (TPSA) is 80.0 Å². The summed E-state index contributed by atoms with van der Waals surface area (Å²) in [6.07, 6.45) is 9.16. The molecular weight excluding hydrogens is 402 g/mol. The minimum Gasteiger partial charge on any atom is -0.357 e. The third kappa shape index (κ3) is 5.94. The zero-order chi connectivity index (χ0) is 20.6. The summed E-state index contributed by atoms with van der Waals surface area (Å²) in [6, 6.07) is 0.583. The van der Waals surface area contributed by atoms with Crippen molar-refractivity contribution in [3.05, 3.63) is 21.4 Å². The maximum atomic E-state index is 4.69. The van der Waals surface area contributed by atoms with E-state index < -0.39 is 0 Å². The molecule has 1 aliphatic rings. The number of aliphatic imine (C=N–C) groups is 1. The Bertz CT molecular complexity index is 786. The second-order valence-electron chi connectivity index (χ2n) is 7.39. The number of aromatic nitrogens is 4. The van der Waals surface area contributed by atoms with Crippen molar-refractivity contribution >= 4 is 29.1 Å². The summed E-state index contributed by atoms with van der Waals surface area (Å²) in [5, 5.41) is 17.8. The summed E-state index contributed by atoms with van der Waals surface area (Å²) in [6.45, 7) is 8.55. The van der Waals surface area contributed by atoms with Gasteiger partial charge in [0.1, 0.15) is 10.8 Å². The molecule has 0 aliphatic heterocycles. The van der Waals surface area contributed by atoms with Gasteiger partial charge in [-0.3, -0.25) is 0 Å². The Hall–Kier alpha value is -1.61. The lowest BCUT2D eigenvalue weighted by molar-refractivity contribution is 0.460. The first-order valence-corrected chi connectivity index (χ1v) is 12.6. The molecule has 0 spiro atoms. The maximum absolute atomic E-state index is 4.69. The summed E-state index contributed by atoms with van der Waals surface area (Å²) in [5.74, 6) is 1.97. The average molecular weight is 436 g/mol. The van der Waals surface area contributed by atoms with E-state index in [4.69, 9.17) is 0 Å². The normalized spacial score (nSPS) is 15.2. The minimum absolute atomic E-state index is 0.583. The number of rotatable bonds is 9. The first-order valence-electron chi connectivity index (χ1n) is 10.5. The van der Waals surface area contributed by atoms with Crippen LogP contribution in [0.15, 0.2) is 10.1 Å². The van der Waals surface area contributed by atoms with Crippen LogP contribution in [0, 0.1) is 13.8 Å². The van der Waals surface area contributed by atoms with Crippen molar-refractivity contribution < 1.29 is 0 Å². The molecule has 0 unspecified atom stereocenters. The van der Waals surface area contributed by atoms with Crippen molar-refractivity contribution in [1.29, 1.82) is 0 Å². The standard InChI is InChI=1S/C20H33N7S2/c1-5-21-19(23-13-18-24-14(2)15(3)29-18)22-12-8-11-17-25-26-20(28-4)27(17)16-9-6-7-10-16/h16H,5-13H2,1-4H3,(H2,21,22,23). The molecule has 2 aromatic heterocycles. The Morgan fingerprint density at radius 3 is 2.69 bits per heavy atom. The van der Waals surface area contributed by atoms with Crippen LogP contribution in [0.5, 0.6) is 0 Å². The second kappa shape index (κ2) is 11.0. The molecule has 0 amide bonds. The van der Waals surface area contributed by atoms with E-state index in [1.165, 1.54) is 30.6 Å². The molecule has 2 N–H and O–H groups in total. The zero-order valence-electron chi connectivity index (χ0n) is 18.0. The fourth-order valence-electron chi connectivity index (χ4n) is 3.69. The molecular formula is C20H33N7S2. The van der Waals surface area contributed by atoms with E-state index in [1.807, 2.05) is 0 Å². The van der Waals surface area contributed by atoms with Crippen molar-refractivity contribution in [2.75, 3.05) is 19.3 Å². The number of nitrogens with zero attached hydrogens (tertiary/aromatic N) is 5. The summed E-state index contributed by atoms with van der Waals surface area (Å²) < 4.78 is 2.39. The summed E-state index contributed by atoms with van der Waals surface area (Å²) in [4.78, 5) is 10.5. The molecule has 29 heavy (non-hydrogen) atoms. The van der Waals surface area contributed by atoms with Crippen molar-refractivity contribution in [2.24, 2.45) is 4.99 Å². The number of hydrogen-bond acceptors (Lipinski definition) is 6. The molecule has 0 atom stereocenters. The lowest BCUT2D eigenvalue weighted by atomic mass is 10.2. The van der Waals surface area contributed by atoms with Gasteiger partial charge < -0.3 is 15.2 Å². The highest BCUT2D eigenvalue weighted by Gasteiger charge is 2.23. The van der Waals surface area contributed by atoms with E-state index in [-0.39, 0.29) is 0 Å². The molecule has 0 bridgehead atoms. The number of guanidine groups is 1. The van der Waals surface area contributed by atoms with E-state index in [9.17, 15) is 0 Å². The third-order valence-electron chi connectivity index (χ3n) is 5.27. The van der Waals surface area contributed by atoms with Gasteiger partial charge in [0.05, 0.1) is 12.2 Å². The molecule has 1 aliphatic carbocycles. The summed E-state index contributed by atoms with van der Waals surface area (Å²) >= 11 is 3.43. The first-order chi connectivity index (χ1) is 14.1. The van der Waals surface area contributed by atoms with Gasteiger partial charge in [-0.25, -0.2) is 9.98 Å². The molecule has 3 rings (SSSR count). The van der Waals surface area contributed by atoms with Gasteiger partial charge in [0, 0.05) is 30.4 Å². The largest absolute Gasteiger partial charge is 0.357 e. The van der Waals surface area contributed by atoms with E-state index in [0.717, 1.165) is 53.6 Å². The van der Waals surface area contributed by atoms with Crippen LogP contribution < -0.4 is 10.6 Å². The van der Waals surface area contributed by atoms with Crippen LogP contribution in [0.25, 0.3) is 0 Å². The highest BCUT2D eigenvalue weighted by atomic mass is 32.2. The van der Waals surface area contributed by atoms with E-state index >= 15 is 0 Å². The molecule has 7 nitrogen and oxygen atoms in total. The molecule has 0 saturated heterocycles. The van der Waals surface area contributed by atoms with Gasteiger partial charge in [-0.2, -0.15) is 0 Å². The monoisotopic (exact) mass is 435 g/mol. The fourth-order valence-corrected chi connectivity index (χ4v) is 5.13. The molecule has 1 saturated carbocycles. The van der Waals surface area contributed by atoms with Crippen LogP contribution >= 0.6 is 23.1 Å². The third-order valence-corrected chi connectivity index (χ3v) is 6.97. The van der Waals surface area contributed by atoms with Crippen molar-refractivity contribution in [1.82, 2.24) is 30.4 Å². The molecule has 2 heterocycles. The van der Waals surface area contributed by atoms with E-state index in [2.05, 4.69) is 62.4 Å². The van der Waals surface area contributed by atoms with Crippen LogP contribution in [-0.2, 0) is 13.0 Å². The smallest absolute Gasteiger partial charge is 0.191 e. The van der Waals surface area contributed by atoms with Gasteiger partial charge in [-0.05, 0) is 46.3 Å². The Morgan fingerprint density at radius 2 is 2.03 bits per heavy atom. The quantitative estimate of drug-likeness (QED) is 0.269. The van der Waals surface area contributed by atoms with E-state index in [0.29, 0.717) is 12.6 Å². The zero-order valence-corrected chi connectivity index (χ0v) is 19.6. The Morgan fingerprint density at radius 1 is 1.24 bits per heavy atom. The molecule has 0 aromatic carbocycles. The lowest BCUT2D eigenvalue weighted by Gasteiger charge is -2.16. The van der Waals surface area contributed by atoms with Crippen LogP contribution in [0.2, 0.25) is 0 Å². The average Bonchev–Trinajstić information content (AvgIpc) is 3.43. The van der Waals surface area contributed by atoms with E-state index in [1.54, 1.807) is 23.1 Å². The summed E-state index contributed by atoms with van der Waals surface area (Å²) in [5.41, 5.74) is 1.11. The van der Waals surface area contributed by atoms with Gasteiger partial charge in [-0.15, -0.1) is 21.5 Å². The first kappa shape index (κ1) is 22.1. The van der Waals surface area contributed by atoms with Crippen LogP contribution in [0.1, 0.15) is 66.5 Å². The molecule has 160 valence electrons. The Labute approximate surface area is 182 Å². The lowest BCUT2D eigenvalue weighted by Crippen LogP contribution is -2.37. The molecule has 1 fully saturated rings. The molecule has 0 radical (unpaired) electrons. The van der Waals surface area contributed by atoms with Crippen molar-refractivity contribution in [2.45, 2.75) is 77.0 Å². The van der Waals surface area contributed by atoms with Gasteiger partial charge in [-0.1, -0.05) is 24.6 Å². The van der Waals surface area contributed by atoms with Crippen LogP contribution in [-0.4, -0.2) is 45.1 Å². The number of thioether (sulfide) groups is 1. The van der Waals surface area contributed by atoms with Gasteiger partial charge in [0.25, 0.3) is 0 Å². The number of nitrogens with one attached hydrogen (secondary N) is 2. The Kier molecular flexibility index (Phi) is 8.35.